The van der Waals surface area contributed by atoms with Crippen molar-refractivity contribution < 1.29 is 17.9 Å². The molecule has 0 saturated heterocycles. The number of carbonyl (C=O) groups excluding carboxylic acids is 1. The van der Waals surface area contributed by atoms with E-state index in [-0.39, 0.29) is 4.90 Å². The molecule has 0 aliphatic carbocycles. The molecule has 0 saturated carbocycles. The van der Waals surface area contributed by atoms with Crippen molar-refractivity contribution >= 4 is 32.5 Å². The second-order valence-corrected chi connectivity index (χ2v) is 7.45. The molecule has 0 heterocycles. The van der Waals surface area contributed by atoms with Crippen LogP contribution in [0.3, 0.4) is 0 Å². The molecule has 0 spiro atoms. The van der Waals surface area contributed by atoms with Crippen molar-refractivity contribution in [1.82, 2.24) is 0 Å². The SMILES string of the molecule is CCCOC(=O)c1ccc(NS(=O)(=O)c2cccc3ccccc23)cc1. The van der Waals surface area contributed by atoms with Gasteiger partial charge in [0.1, 0.15) is 0 Å². The van der Waals surface area contributed by atoms with Gasteiger partial charge in [0.05, 0.1) is 17.1 Å². The van der Waals surface area contributed by atoms with E-state index in [0.717, 1.165) is 11.8 Å². The number of ether oxygens (including phenoxy) is 1. The van der Waals surface area contributed by atoms with Crippen LogP contribution in [0.1, 0.15) is 23.7 Å². The Morgan fingerprint density at radius 2 is 1.65 bits per heavy atom. The molecule has 134 valence electrons. The van der Waals surface area contributed by atoms with Crippen molar-refractivity contribution in [2.24, 2.45) is 0 Å². The van der Waals surface area contributed by atoms with E-state index in [0.29, 0.717) is 23.2 Å². The predicted octanol–water partition coefficient (Wildman–Crippen LogP) is 4.21. The van der Waals surface area contributed by atoms with Gasteiger partial charge in [-0.05, 0) is 42.1 Å². The Morgan fingerprint density at radius 3 is 2.38 bits per heavy atom. The molecule has 0 aromatic heterocycles. The molecule has 3 aromatic rings. The summed E-state index contributed by atoms with van der Waals surface area (Å²) >= 11 is 0. The molecule has 0 fully saturated rings. The van der Waals surface area contributed by atoms with Gasteiger partial charge in [0.2, 0.25) is 0 Å². The number of fused-ring (bicyclic) bond motifs is 1. The number of sulfonamides is 1. The van der Waals surface area contributed by atoms with Crippen LogP contribution in [0, 0.1) is 0 Å². The number of nitrogens with one attached hydrogen (secondary N) is 1. The third kappa shape index (κ3) is 3.86. The summed E-state index contributed by atoms with van der Waals surface area (Å²) < 4.78 is 33.2. The van der Waals surface area contributed by atoms with Gasteiger partial charge in [0.15, 0.2) is 0 Å². The molecule has 1 N–H and O–H groups in total. The summed E-state index contributed by atoms with van der Waals surface area (Å²) in [4.78, 5) is 12.0. The van der Waals surface area contributed by atoms with E-state index in [1.807, 2.05) is 25.1 Å². The predicted molar refractivity (Wildman–Crippen MR) is 102 cm³/mol. The van der Waals surface area contributed by atoms with Gasteiger partial charge in [-0.1, -0.05) is 43.3 Å². The normalized spacial score (nSPS) is 11.3. The van der Waals surface area contributed by atoms with Gasteiger partial charge in [0, 0.05) is 11.1 Å². The molecule has 26 heavy (non-hydrogen) atoms. The Balaban J connectivity index is 1.84. The molecule has 0 radical (unpaired) electrons. The second-order valence-electron chi connectivity index (χ2n) is 5.80. The molecular formula is C20H19NO4S. The second kappa shape index (κ2) is 7.58. The Bertz CT molecular complexity index is 1020. The Morgan fingerprint density at radius 1 is 0.962 bits per heavy atom. The monoisotopic (exact) mass is 369 g/mol. The van der Waals surface area contributed by atoms with Gasteiger partial charge < -0.3 is 4.74 Å². The van der Waals surface area contributed by atoms with Crippen LogP contribution in [0.4, 0.5) is 5.69 Å². The molecule has 0 unspecified atom stereocenters. The lowest BCUT2D eigenvalue weighted by atomic mass is 10.1. The first kappa shape index (κ1) is 17.9. The molecular weight excluding hydrogens is 350 g/mol. The number of benzene rings is 3. The number of hydrogen-bond donors (Lipinski definition) is 1. The van der Waals surface area contributed by atoms with E-state index in [1.54, 1.807) is 48.5 Å². The third-order valence-electron chi connectivity index (χ3n) is 3.85. The van der Waals surface area contributed by atoms with Crippen molar-refractivity contribution in [3.05, 3.63) is 72.3 Å². The van der Waals surface area contributed by atoms with Gasteiger partial charge in [-0.15, -0.1) is 0 Å². The quantitative estimate of drug-likeness (QED) is 0.661. The van der Waals surface area contributed by atoms with Crippen LogP contribution in [0.2, 0.25) is 0 Å². The molecule has 6 heteroatoms. The van der Waals surface area contributed by atoms with Crippen LogP contribution < -0.4 is 4.72 Å². The minimum atomic E-state index is -3.75. The summed E-state index contributed by atoms with van der Waals surface area (Å²) in [5.41, 5.74) is 0.761. The number of carbonyl (C=O) groups is 1. The minimum absolute atomic E-state index is 0.210. The van der Waals surface area contributed by atoms with E-state index in [1.165, 1.54) is 0 Å². The zero-order valence-corrected chi connectivity index (χ0v) is 15.1. The summed E-state index contributed by atoms with van der Waals surface area (Å²) in [7, 11) is -3.75. The zero-order valence-electron chi connectivity index (χ0n) is 14.3. The molecule has 0 aliphatic rings. The summed E-state index contributed by atoms with van der Waals surface area (Å²) in [6.07, 6.45) is 0.745. The Kier molecular flexibility index (Phi) is 5.23. The molecule has 0 amide bonds. The molecule has 0 atom stereocenters. The number of hydrogen-bond acceptors (Lipinski definition) is 4. The zero-order chi connectivity index (χ0) is 18.6. The highest BCUT2D eigenvalue weighted by atomic mass is 32.2. The lowest BCUT2D eigenvalue weighted by molar-refractivity contribution is 0.0505. The average Bonchev–Trinajstić information content (AvgIpc) is 2.66. The van der Waals surface area contributed by atoms with Crippen molar-refractivity contribution in [2.75, 3.05) is 11.3 Å². The van der Waals surface area contributed by atoms with E-state index in [2.05, 4.69) is 4.72 Å². The molecule has 0 bridgehead atoms. The van der Waals surface area contributed by atoms with Crippen molar-refractivity contribution in [1.29, 1.82) is 0 Å². The van der Waals surface area contributed by atoms with E-state index in [9.17, 15) is 13.2 Å². The Labute approximate surface area is 152 Å². The number of anilines is 1. The molecule has 3 aromatic carbocycles. The fraction of sp³-hybridized carbons (Fsp3) is 0.150. The minimum Gasteiger partial charge on any atom is -0.462 e. The van der Waals surface area contributed by atoms with Gasteiger partial charge in [-0.3, -0.25) is 4.72 Å². The van der Waals surface area contributed by atoms with Gasteiger partial charge in [0.25, 0.3) is 10.0 Å². The van der Waals surface area contributed by atoms with Crippen molar-refractivity contribution in [3.63, 3.8) is 0 Å². The van der Waals surface area contributed by atoms with Crippen LogP contribution in [0.5, 0.6) is 0 Å². The maximum Gasteiger partial charge on any atom is 0.338 e. The topological polar surface area (TPSA) is 72.5 Å². The van der Waals surface area contributed by atoms with Crippen LogP contribution >= 0.6 is 0 Å². The van der Waals surface area contributed by atoms with Crippen LogP contribution in [0.25, 0.3) is 10.8 Å². The molecule has 5 nitrogen and oxygen atoms in total. The highest BCUT2D eigenvalue weighted by Crippen LogP contribution is 2.25. The molecule has 3 rings (SSSR count). The van der Waals surface area contributed by atoms with E-state index < -0.39 is 16.0 Å². The largest absolute Gasteiger partial charge is 0.462 e. The average molecular weight is 369 g/mol. The first-order chi connectivity index (χ1) is 12.5. The van der Waals surface area contributed by atoms with Gasteiger partial charge in [-0.2, -0.15) is 0 Å². The molecule has 0 aliphatic heterocycles. The summed E-state index contributed by atoms with van der Waals surface area (Å²) in [5, 5.41) is 1.51. The van der Waals surface area contributed by atoms with Gasteiger partial charge >= 0.3 is 5.97 Å². The summed E-state index contributed by atoms with van der Waals surface area (Å²) in [5.74, 6) is -0.421. The lowest BCUT2D eigenvalue weighted by Gasteiger charge is -2.11. The van der Waals surface area contributed by atoms with Crippen LogP contribution in [-0.2, 0) is 14.8 Å². The maximum atomic E-state index is 12.8. The highest BCUT2D eigenvalue weighted by molar-refractivity contribution is 7.93. The fourth-order valence-electron chi connectivity index (χ4n) is 2.59. The summed E-state index contributed by atoms with van der Waals surface area (Å²) in [6, 6.07) is 18.6. The first-order valence-corrected chi connectivity index (χ1v) is 9.77. The smallest absolute Gasteiger partial charge is 0.338 e. The first-order valence-electron chi connectivity index (χ1n) is 8.29. The number of esters is 1. The lowest BCUT2D eigenvalue weighted by Crippen LogP contribution is -2.13. The van der Waals surface area contributed by atoms with Crippen molar-refractivity contribution in [2.45, 2.75) is 18.2 Å². The van der Waals surface area contributed by atoms with E-state index in [4.69, 9.17) is 4.74 Å². The van der Waals surface area contributed by atoms with E-state index >= 15 is 0 Å². The fourth-order valence-corrected chi connectivity index (χ4v) is 3.88. The highest BCUT2D eigenvalue weighted by Gasteiger charge is 2.17. The Hall–Kier alpha value is -2.86. The van der Waals surface area contributed by atoms with Crippen molar-refractivity contribution in [3.8, 4) is 0 Å². The van der Waals surface area contributed by atoms with Gasteiger partial charge in [-0.25, -0.2) is 13.2 Å². The summed E-state index contributed by atoms with van der Waals surface area (Å²) in [6.45, 7) is 2.27. The van der Waals surface area contributed by atoms with Crippen LogP contribution in [-0.4, -0.2) is 21.0 Å². The van der Waals surface area contributed by atoms with Crippen LogP contribution in [0.15, 0.2) is 71.6 Å². The standard InChI is InChI=1S/C20H19NO4S/c1-2-14-25-20(22)16-10-12-17(13-11-16)21-26(23,24)19-9-5-7-15-6-3-4-8-18(15)19/h3-13,21H,2,14H2,1H3. The number of rotatable bonds is 6. The third-order valence-corrected chi connectivity index (χ3v) is 5.29. The maximum absolute atomic E-state index is 12.8.